The summed E-state index contributed by atoms with van der Waals surface area (Å²) in [5, 5.41) is 13.2. The molecule has 0 radical (unpaired) electrons. The van der Waals surface area contributed by atoms with E-state index in [1.54, 1.807) is 12.1 Å². The topological polar surface area (TPSA) is 88.4 Å². The average Bonchev–Trinajstić information content (AvgIpc) is 3.40. The molecule has 2 aromatic carbocycles. The number of rotatable bonds is 14. The summed E-state index contributed by atoms with van der Waals surface area (Å²) in [5.41, 5.74) is 1.17. The molecule has 3 rings (SSSR count). The van der Waals surface area contributed by atoms with Crippen LogP contribution in [0.15, 0.2) is 62.2 Å². The number of nitrogens with zero attached hydrogens (tertiary/aromatic N) is 1. The third kappa shape index (κ3) is 8.30. The zero-order valence-corrected chi connectivity index (χ0v) is 24.9. The summed E-state index contributed by atoms with van der Waals surface area (Å²) in [7, 11) is 0. The summed E-state index contributed by atoms with van der Waals surface area (Å²) in [6.07, 6.45) is 6.94. The van der Waals surface area contributed by atoms with Crippen LogP contribution in [0.5, 0.6) is 11.5 Å². The Bertz CT molecular complexity index is 1150. The molecule has 0 saturated carbocycles. The Labute approximate surface area is 240 Å². The summed E-state index contributed by atoms with van der Waals surface area (Å²) < 4.78 is 12.6. The number of unbranched alkanes of at least 4 members (excludes halogenated alkanes) is 2. The molecule has 2 unspecified atom stereocenters. The van der Waals surface area contributed by atoms with Crippen molar-refractivity contribution in [2.24, 2.45) is 11.8 Å². The molecule has 1 aliphatic heterocycles. The minimum atomic E-state index is -0.255. The van der Waals surface area contributed by atoms with Crippen molar-refractivity contribution in [2.75, 3.05) is 5.32 Å². The van der Waals surface area contributed by atoms with Gasteiger partial charge in [0.15, 0.2) is 0 Å². The van der Waals surface area contributed by atoms with Gasteiger partial charge in [-0.1, -0.05) is 95.1 Å². The number of esters is 2. The van der Waals surface area contributed by atoms with E-state index in [4.69, 9.17) is 9.47 Å². The Morgan fingerprint density at radius 3 is 1.72 bits per heavy atom. The number of ether oxygens (including phenoxy) is 2. The highest BCUT2D eigenvalue weighted by Crippen LogP contribution is 2.59. The first-order valence-electron chi connectivity index (χ1n) is 13.9. The summed E-state index contributed by atoms with van der Waals surface area (Å²) in [6.45, 7) is 8.21. The average molecular weight is 567 g/mol. The zero-order chi connectivity index (χ0) is 28.2. The van der Waals surface area contributed by atoms with Crippen LogP contribution in [-0.4, -0.2) is 11.9 Å². The van der Waals surface area contributed by atoms with Gasteiger partial charge < -0.3 is 14.8 Å². The van der Waals surface area contributed by atoms with Crippen molar-refractivity contribution in [1.29, 1.82) is 5.26 Å². The SMILES string of the molecule is CCCCC(CC)C(=O)Oc1ccc(OC(=O)C(CC)CCCC)c2c1SC(=C(C#N)Nc1ccccc1)S2. The van der Waals surface area contributed by atoms with Gasteiger partial charge in [0.05, 0.1) is 25.9 Å². The number of thioether (sulfide) groups is 2. The Morgan fingerprint density at radius 2 is 1.31 bits per heavy atom. The normalized spacial score (nSPS) is 13.7. The van der Waals surface area contributed by atoms with Crippen molar-refractivity contribution in [1.82, 2.24) is 0 Å². The van der Waals surface area contributed by atoms with Crippen LogP contribution >= 0.6 is 23.5 Å². The molecule has 1 heterocycles. The molecule has 2 aromatic rings. The first-order valence-corrected chi connectivity index (χ1v) is 15.5. The lowest BCUT2D eigenvalue weighted by Crippen LogP contribution is -2.21. The Balaban J connectivity index is 1.95. The van der Waals surface area contributed by atoms with E-state index in [9.17, 15) is 14.9 Å². The van der Waals surface area contributed by atoms with Crippen molar-refractivity contribution in [2.45, 2.75) is 88.9 Å². The number of hydrogen-bond donors (Lipinski definition) is 1. The van der Waals surface area contributed by atoms with Crippen LogP contribution in [0.3, 0.4) is 0 Å². The van der Waals surface area contributed by atoms with Gasteiger partial charge in [-0.05, 0) is 49.9 Å². The fourth-order valence-electron chi connectivity index (χ4n) is 4.24. The van der Waals surface area contributed by atoms with Crippen LogP contribution in [0.25, 0.3) is 0 Å². The van der Waals surface area contributed by atoms with Crippen molar-refractivity contribution >= 4 is 41.1 Å². The van der Waals surface area contributed by atoms with Crippen LogP contribution in [0.4, 0.5) is 5.69 Å². The lowest BCUT2D eigenvalue weighted by Gasteiger charge is -2.17. The van der Waals surface area contributed by atoms with Crippen LogP contribution in [0, 0.1) is 23.2 Å². The predicted octanol–water partition coefficient (Wildman–Crippen LogP) is 8.93. The van der Waals surface area contributed by atoms with Crippen molar-refractivity contribution in [3.63, 3.8) is 0 Å². The second-order valence-electron chi connectivity index (χ2n) is 9.53. The van der Waals surface area contributed by atoms with Gasteiger partial charge in [0.2, 0.25) is 0 Å². The summed E-state index contributed by atoms with van der Waals surface area (Å²) in [6, 6.07) is 15.1. The number of benzene rings is 2. The third-order valence-corrected chi connectivity index (χ3v) is 9.30. The maximum atomic E-state index is 13.1. The number of carbonyl (C=O) groups is 2. The molecule has 0 amide bonds. The third-order valence-electron chi connectivity index (χ3n) is 6.67. The van der Waals surface area contributed by atoms with E-state index in [-0.39, 0.29) is 23.8 Å². The van der Waals surface area contributed by atoms with Crippen molar-refractivity contribution < 1.29 is 19.1 Å². The zero-order valence-electron chi connectivity index (χ0n) is 23.2. The molecule has 8 heteroatoms. The Hall–Kier alpha value is -2.89. The van der Waals surface area contributed by atoms with Crippen LogP contribution in [-0.2, 0) is 9.59 Å². The molecule has 1 aliphatic rings. The van der Waals surface area contributed by atoms with Crippen molar-refractivity contribution in [3.05, 3.63) is 52.4 Å². The molecule has 39 heavy (non-hydrogen) atoms. The predicted molar refractivity (Wildman–Crippen MR) is 159 cm³/mol. The number of hydrogen-bond acceptors (Lipinski definition) is 8. The van der Waals surface area contributed by atoms with E-state index in [2.05, 4.69) is 25.2 Å². The molecular weight excluding hydrogens is 528 g/mol. The number of para-hydroxylation sites is 1. The van der Waals surface area contributed by atoms with E-state index in [1.807, 2.05) is 44.2 Å². The van der Waals surface area contributed by atoms with E-state index >= 15 is 0 Å². The van der Waals surface area contributed by atoms with E-state index in [1.165, 1.54) is 23.5 Å². The minimum Gasteiger partial charge on any atom is -0.425 e. The summed E-state index contributed by atoms with van der Waals surface area (Å²) in [5.74, 6) is -0.0145. The summed E-state index contributed by atoms with van der Waals surface area (Å²) in [4.78, 5) is 27.5. The highest BCUT2D eigenvalue weighted by Gasteiger charge is 2.32. The van der Waals surface area contributed by atoms with Crippen LogP contribution in [0.1, 0.15) is 79.1 Å². The number of carbonyl (C=O) groups excluding carboxylic acids is 2. The molecule has 0 aliphatic carbocycles. The highest BCUT2D eigenvalue weighted by atomic mass is 32.2. The second-order valence-corrected chi connectivity index (χ2v) is 11.8. The highest BCUT2D eigenvalue weighted by molar-refractivity contribution is 8.24. The maximum Gasteiger partial charge on any atom is 0.314 e. The first kappa shape index (κ1) is 30.6. The quantitative estimate of drug-likeness (QED) is 0.138. The fourth-order valence-corrected chi connectivity index (χ4v) is 6.73. The molecule has 0 saturated heterocycles. The lowest BCUT2D eigenvalue weighted by molar-refractivity contribution is -0.140. The monoisotopic (exact) mass is 566 g/mol. The van der Waals surface area contributed by atoms with Crippen LogP contribution in [0.2, 0.25) is 0 Å². The molecule has 0 spiro atoms. The molecular formula is C31H38N2O4S2. The second kappa shape index (κ2) is 15.6. The molecule has 2 atom stereocenters. The summed E-state index contributed by atoms with van der Waals surface area (Å²) >= 11 is 2.70. The Kier molecular flexibility index (Phi) is 12.3. The van der Waals surface area contributed by atoms with Gasteiger partial charge in [-0.25, -0.2) is 0 Å². The fraction of sp³-hybridized carbons (Fsp3) is 0.452. The first-order chi connectivity index (χ1) is 18.9. The molecule has 0 fully saturated rings. The van der Waals surface area contributed by atoms with Gasteiger partial charge in [-0.15, -0.1) is 0 Å². The smallest absolute Gasteiger partial charge is 0.314 e. The number of allylic oxidation sites excluding steroid dienone is 1. The number of nitrogens with one attached hydrogen (secondary N) is 1. The van der Waals surface area contributed by atoms with E-state index < -0.39 is 0 Å². The standard InChI is InChI=1S/C31H38N2O4S2/c1-5-9-14-21(7-3)29(34)36-25-18-19-26(37-30(35)22(8-4)15-10-6-2)28-27(25)38-31(39-28)24(20-32)33-23-16-12-11-13-17-23/h11-13,16-19,21-22,33H,5-10,14-15H2,1-4H3. The van der Waals surface area contributed by atoms with E-state index in [0.29, 0.717) is 44.1 Å². The molecule has 208 valence electrons. The largest absolute Gasteiger partial charge is 0.425 e. The molecule has 1 N–H and O–H groups in total. The van der Waals surface area contributed by atoms with E-state index in [0.717, 1.165) is 44.2 Å². The number of anilines is 1. The Morgan fingerprint density at radius 1 is 0.821 bits per heavy atom. The van der Waals surface area contributed by atoms with Crippen molar-refractivity contribution in [3.8, 4) is 17.6 Å². The van der Waals surface area contributed by atoms with Gasteiger partial charge in [0.25, 0.3) is 0 Å². The van der Waals surface area contributed by atoms with Gasteiger partial charge in [-0.3, -0.25) is 9.59 Å². The number of nitriles is 1. The van der Waals surface area contributed by atoms with Gasteiger partial charge in [-0.2, -0.15) is 5.26 Å². The van der Waals surface area contributed by atoms with Gasteiger partial charge in [0, 0.05) is 5.69 Å². The molecule has 0 bridgehead atoms. The minimum absolute atomic E-state index is 0.175. The molecule has 6 nitrogen and oxygen atoms in total. The lowest BCUT2D eigenvalue weighted by atomic mass is 10.00. The maximum absolute atomic E-state index is 13.1. The van der Waals surface area contributed by atoms with Gasteiger partial charge in [0.1, 0.15) is 23.3 Å². The van der Waals surface area contributed by atoms with Gasteiger partial charge >= 0.3 is 11.9 Å². The molecule has 0 aromatic heterocycles. The number of fused-ring (bicyclic) bond motifs is 1. The van der Waals surface area contributed by atoms with Crippen LogP contribution < -0.4 is 14.8 Å².